The second-order valence-electron chi connectivity index (χ2n) is 5.05. The van der Waals surface area contributed by atoms with E-state index in [1.807, 2.05) is 12.1 Å². The smallest absolute Gasteiger partial charge is 0.335 e. The van der Waals surface area contributed by atoms with Crippen LogP contribution in [0.3, 0.4) is 0 Å². The number of nitrogens with two attached hydrogens (primary N) is 1. The van der Waals surface area contributed by atoms with Crippen LogP contribution in [-0.2, 0) is 6.42 Å². The highest BCUT2D eigenvalue weighted by Crippen LogP contribution is 2.20. The molecule has 3 heteroatoms. The molecule has 0 aliphatic rings. The van der Waals surface area contributed by atoms with Crippen LogP contribution in [0.25, 0.3) is 0 Å². The van der Waals surface area contributed by atoms with E-state index in [0.29, 0.717) is 12.1 Å². The predicted octanol–water partition coefficient (Wildman–Crippen LogP) is 2.98. The van der Waals surface area contributed by atoms with Gasteiger partial charge in [-0.2, -0.15) is 0 Å². The van der Waals surface area contributed by atoms with Gasteiger partial charge in [0, 0.05) is 5.92 Å². The molecule has 0 radical (unpaired) electrons. The second kappa shape index (κ2) is 6.35. The van der Waals surface area contributed by atoms with Crippen LogP contribution in [0, 0.1) is 6.92 Å². The molecule has 1 unspecified atom stereocenters. The monoisotopic (exact) mass is 269 g/mol. The number of benzene rings is 2. The van der Waals surface area contributed by atoms with E-state index >= 15 is 0 Å². The number of aromatic carboxylic acids is 1. The molecule has 20 heavy (non-hydrogen) atoms. The fourth-order valence-electron chi connectivity index (χ4n) is 2.24. The number of carboxylic acids is 1. The van der Waals surface area contributed by atoms with Gasteiger partial charge in [-0.1, -0.05) is 42.0 Å². The molecule has 0 aromatic heterocycles. The molecule has 0 aliphatic heterocycles. The quantitative estimate of drug-likeness (QED) is 0.877. The highest BCUT2D eigenvalue weighted by Gasteiger charge is 2.11. The maximum Gasteiger partial charge on any atom is 0.335 e. The van der Waals surface area contributed by atoms with E-state index in [1.165, 1.54) is 11.1 Å². The van der Waals surface area contributed by atoms with Crippen LogP contribution >= 0.6 is 0 Å². The first-order valence-corrected chi connectivity index (χ1v) is 6.69. The van der Waals surface area contributed by atoms with Crippen LogP contribution in [0.5, 0.6) is 0 Å². The van der Waals surface area contributed by atoms with Gasteiger partial charge in [0.05, 0.1) is 5.56 Å². The molecule has 2 aromatic rings. The number of carboxylic acid groups (broad SMARTS) is 1. The number of hydrogen-bond acceptors (Lipinski definition) is 2. The van der Waals surface area contributed by atoms with E-state index in [0.717, 1.165) is 12.0 Å². The Bertz CT molecular complexity index is 573. The SMILES string of the molecule is Cc1ccc(C(CN)Cc2ccc(C(=O)O)cc2)cc1. The lowest BCUT2D eigenvalue weighted by molar-refractivity contribution is 0.0697. The molecule has 0 saturated carbocycles. The Morgan fingerprint density at radius 3 is 2.20 bits per heavy atom. The average molecular weight is 269 g/mol. The summed E-state index contributed by atoms with van der Waals surface area (Å²) in [5.41, 5.74) is 9.75. The summed E-state index contributed by atoms with van der Waals surface area (Å²) in [6, 6.07) is 15.4. The van der Waals surface area contributed by atoms with Gasteiger partial charge in [0.2, 0.25) is 0 Å². The Kier molecular flexibility index (Phi) is 4.53. The second-order valence-corrected chi connectivity index (χ2v) is 5.05. The summed E-state index contributed by atoms with van der Waals surface area (Å²) in [5, 5.41) is 8.89. The van der Waals surface area contributed by atoms with Crippen molar-refractivity contribution >= 4 is 5.97 Å². The number of rotatable bonds is 5. The van der Waals surface area contributed by atoms with Crippen molar-refractivity contribution in [2.75, 3.05) is 6.54 Å². The first-order valence-electron chi connectivity index (χ1n) is 6.69. The molecular weight excluding hydrogens is 250 g/mol. The predicted molar refractivity (Wildman–Crippen MR) is 80.1 cm³/mol. The third-order valence-corrected chi connectivity index (χ3v) is 3.52. The summed E-state index contributed by atoms with van der Waals surface area (Å²) in [4.78, 5) is 10.8. The van der Waals surface area contributed by atoms with Crippen LogP contribution in [0.2, 0.25) is 0 Å². The van der Waals surface area contributed by atoms with Gasteiger partial charge in [0.25, 0.3) is 0 Å². The highest BCUT2D eigenvalue weighted by atomic mass is 16.4. The zero-order valence-corrected chi connectivity index (χ0v) is 11.5. The van der Waals surface area contributed by atoms with Gasteiger partial charge in [-0.25, -0.2) is 4.79 Å². The first-order chi connectivity index (χ1) is 9.60. The minimum atomic E-state index is -0.898. The summed E-state index contributed by atoms with van der Waals surface area (Å²) in [5.74, 6) is -0.642. The molecule has 0 saturated heterocycles. The van der Waals surface area contributed by atoms with E-state index in [9.17, 15) is 4.79 Å². The first kappa shape index (κ1) is 14.3. The number of carbonyl (C=O) groups is 1. The third kappa shape index (κ3) is 3.45. The lowest BCUT2D eigenvalue weighted by atomic mass is 9.91. The van der Waals surface area contributed by atoms with Crippen LogP contribution in [-0.4, -0.2) is 17.6 Å². The molecule has 0 fully saturated rings. The molecular formula is C17H19NO2. The Hall–Kier alpha value is -2.13. The van der Waals surface area contributed by atoms with Crippen LogP contribution in [0.1, 0.15) is 33.0 Å². The number of aryl methyl sites for hydroxylation is 1. The molecule has 0 amide bonds. The molecule has 0 heterocycles. The van der Waals surface area contributed by atoms with Crippen molar-refractivity contribution in [3.8, 4) is 0 Å². The van der Waals surface area contributed by atoms with Crippen molar-refractivity contribution in [2.45, 2.75) is 19.3 Å². The van der Waals surface area contributed by atoms with Crippen molar-refractivity contribution < 1.29 is 9.90 Å². The summed E-state index contributed by atoms with van der Waals surface area (Å²) < 4.78 is 0. The molecule has 0 bridgehead atoms. The van der Waals surface area contributed by atoms with Crippen molar-refractivity contribution in [2.24, 2.45) is 5.73 Å². The van der Waals surface area contributed by atoms with Crippen LogP contribution < -0.4 is 5.73 Å². The van der Waals surface area contributed by atoms with E-state index in [1.54, 1.807) is 12.1 Å². The largest absolute Gasteiger partial charge is 0.478 e. The summed E-state index contributed by atoms with van der Waals surface area (Å²) in [6.07, 6.45) is 0.819. The highest BCUT2D eigenvalue weighted by molar-refractivity contribution is 5.87. The Labute approximate surface area is 119 Å². The van der Waals surface area contributed by atoms with Crippen molar-refractivity contribution in [1.82, 2.24) is 0 Å². The summed E-state index contributed by atoms with van der Waals surface area (Å²) in [7, 11) is 0. The third-order valence-electron chi connectivity index (χ3n) is 3.52. The molecule has 3 N–H and O–H groups in total. The van der Waals surface area contributed by atoms with Gasteiger partial charge in [0.15, 0.2) is 0 Å². The minimum absolute atomic E-state index is 0.256. The van der Waals surface area contributed by atoms with Crippen LogP contribution in [0.4, 0.5) is 0 Å². The molecule has 3 nitrogen and oxygen atoms in total. The molecule has 0 aliphatic carbocycles. The Morgan fingerprint density at radius 1 is 1.10 bits per heavy atom. The zero-order valence-electron chi connectivity index (χ0n) is 11.5. The Morgan fingerprint density at radius 2 is 1.70 bits per heavy atom. The molecule has 0 spiro atoms. The van der Waals surface area contributed by atoms with Crippen molar-refractivity contribution in [1.29, 1.82) is 0 Å². The standard InChI is InChI=1S/C17H19NO2/c1-12-2-6-14(7-3-12)16(11-18)10-13-4-8-15(9-5-13)17(19)20/h2-9,16H,10-11,18H2,1H3,(H,19,20). The molecule has 1 atom stereocenters. The lowest BCUT2D eigenvalue weighted by Gasteiger charge is -2.15. The topological polar surface area (TPSA) is 63.3 Å². The fourth-order valence-corrected chi connectivity index (χ4v) is 2.24. The van der Waals surface area contributed by atoms with Gasteiger partial charge >= 0.3 is 5.97 Å². The van der Waals surface area contributed by atoms with E-state index < -0.39 is 5.97 Å². The normalized spacial score (nSPS) is 12.1. The van der Waals surface area contributed by atoms with E-state index in [2.05, 4.69) is 31.2 Å². The van der Waals surface area contributed by atoms with Gasteiger partial charge in [-0.3, -0.25) is 0 Å². The lowest BCUT2D eigenvalue weighted by Crippen LogP contribution is -2.15. The molecule has 104 valence electrons. The number of hydrogen-bond donors (Lipinski definition) is 2. The van der Waals surface area contributed by atoms with Crippen molar-refractivity contribution in [3.05, 3.63) is 70.8 Å². The molecule has 2 rings (SSSR count). The Balaban J connectivity index is 2.13. The van der Waals surface area contributed by atoms with Gasteiger partial charge in [-0.05, 0) is 43.1 Å². The van der Waals surface area contributed by atoms with Crippen LogP contribution in [0.15, 0.2) is 48.5 Å². The fraction of sp³-hybridized carbons (Fsp3) is 0.235. The maximum absolute atomic E-state index is 10.8. The van der Waals surface area contributed by atoms with Crippen molar-refractivity contribution in [3.63, 3.8) is 0 Å². The van der Waals surface area contributed by atoms with Gasteiger partial charge < -0.3 is 10.8 Å². The maximum atomic E-state index is 10.8. The minimum Gasteiger partial charge on any atom is -0.478 e. The van der Waals surface area contributed by atoms with E-state index in [-0.39, 0.29) is 5.92 Å². The average Bonchev–Trinajstić information content (AvgIpc) is 2.46. The summed E-state index contributed by atoms with van der Waals surface area (Å²) >= 11 is 0. The zero-order chi connectivity index (χ0) is 14.5. The summed E-state index contributed by atoms with van der Waals surface area (Å²) in [6.45, 7) is 2.63. The van der Waals surface area contributed by atoms with E-state index in [4.69, 9.17) is 10.8 Å². The van der Waals surface area contributed by atoms with Gasteiger partial charge in [0.1, 0.15) is 0 Å². The van der Waals surface area contributed by atoms with Gasteiger partial charge in [-0.15, -0.1) is 0 Å². The molecule has 2 aromatic carbocycles.